The predicted molar refractivity (Wildman–Crippen MR) is 68.6 cm³/mol. The maximum absolute atomic E-state index is 10.5. The Morgan fingerprint density at radius 1 is 1.33 bits per heavy atom. The zero-order valence-corrected chi connectivity index (χ0v) is 10.9. The molecule has 1 heterocycles. The summed E-state index contributed by atoms with van der Waals surface area (Å²) >= 11 is 1.48. The van der Waals surface area contributed by atoms with E-state index in [1.54, 1.807) is 12.1 Å². The van der Waals surface area contributed by atoms with Gasteiger partial charge in [0.05, 0.1) is 10.6 Å². The van der Waals surface area contributed by atoms with Crippen LogP contribution in [0.2, 0.25) is 0 Å². The molecule has 1 aromatic carbocycles. The monoisotopic (exact) mass is 264 g/mol. The average molecular weight is 264 g/mol. The van der Waals surface area contributed by atoms with Crippen LogP contribution in [0.15, 0.2) is 33.9 Å². The van der Waals surface area contributed by atoms with Crippen molar-refractivity contribution >= 4 is 17.4 Å². The van der Waals surface area contributed by atoms with Crippen LogP contribution in [0.3, 0.4) is 0 Å². The third kappa shape index (κ3) is 2.89. The van der Waals surface area contributed by atoms with E-state index in [0.717, 1.165) is 17.0 Å². The van der Waals surface area contributed by atoms with Gasteiger partial charge in [-0.2, -0.15) is 0 Å². The maximum Gasteiger partial charge on any atom is 0.269 e. The van der Waals surface area contributed by atoms with E-state index in [9.17, 15) is 10.1 Å². The lowest BCUT2D eigenvalue weighted by Crippen LogP contribution is -1.88. The molecule has 0 aliphatic rings. The third-order valence-corrected chi connectivity index (χ3v) is 3.42. The average Bonchev–Trinajstić information content (AvgIpc) is 2.67. The number of aromatic nitrogens is 1. The number of nitro benzene ring substituents is 1. The van der Waals surface area contributed by atoms with Gasteiger partial charge in [-0.15, -0.1) is 0 Å². The number of hydrogen-bond donors (Lipinski definition) is 0. The summed E-state index contributed by atoms with van der Waals surface area (Å²) in [5, 5.41) is 11.1. The topological polar surface area (TPSA) is 69.2 Å². The normalized spacial score (nSPS) is 10.6. The number of aryl methyl sites for hydroxylation is 2. The van der Waals surface area contributed by atoms with Crippen molar-refractivity contribution in [2.75, 3.05) is 0 Å². The number of benzene rings is 1. The van der Waals surface area contributed by atoms with Crippen molar-refractivity contribution in [1.29, 1.82) is 0 Å². The molecule has 0 amide bonds. The number of oxazole rings is 1. The fraction of sp³-hybridized carbons (Fsp3) is 0.250. The van der Waals surface area contributed by atoms with Crippen LogP contribution < -0.4 is 0 Å². The molecule has 6 heteroatoms. The van der Waals surface area contributed by atoms with Crippen LogP contribution in [0.1, 0.15) is 17.0 Å². The fourth-order valence-corrected chi connectivity index (χ4v) is 2.23. The Balaban J connectivity index is 2.00. The molecule has 0 saturated heterocycles. The number of non-ortho nitro benzene ring substituents is 1. The van der Waals surface area contributed by atoms with Crippen LogP contribution >= 0.6 is 11.8 Å². The highest BCUT2D eigenvalue weighted by Gasteiger charge is 2.08. The molecule has 0 aliphatic carbocycles. The number of hydrogen-bond acceptors (Lipinski definition) is 5. The maximum atomic E-state index is 10.5. The minimum Gasteiger partial charge on any atom is -0.437 e. The van der Waals surface area contributed by atoms with Crippen LogP contribution in [0.25, 0.3) is 0 Å². The second-order valence-corrected chi connectivity index (χ2v) is 4.76. The standard InChI is InChI=1S/C12H12N2O3S/c1-8-9(2)17-12(13-8)18-7-10-3-5-11(6-4-10)14(15)16/h3-6H,7H2,1-2H3. The first kappa shape index (κ1) is 12.6. The van der Waals surface area contributed by atoms with E-state index in [-0.39, 0.29) is 5.69 Å². The van der Waals surface area contributed by atoms with E-state index in [4.69, 9.17) is 4.42 Å². The Hall–Kier alpha value is -1.82. The van der Waals surface area contributed by atoms with E-state index < -0.39 is 4.92 Å². The third-order valence-electron chi connectivity index (χ3n) is 2.52. The Morgan fingerprint density at radius 2 is 2.00 bits per heavy atom. The zero-order valence-electron chi connectivity index (χ0n) is 10.0. The summed E-state index contributed by atoms with van der Waals surface area (Å²) in [4.78, 5) is 14.4. The van der Waals surface area contributed by atoms with Gasteiger partial charge in [-0.3, -0.25) is 10.1 Å². The number of thioether (sulfide) groups is 1. The Bertz CT molecular complexity index is 544. The number of nitrogens with zero attached hydrogens (tertiary/aromatic N) is 2. The summed E-state index contributed by atoms with van der Waals surface area (Å²) in [7, 11) is 0. The summed E-state index contributed by atoms with van der Waals surface area (Å²) < 4.78 is 5.44. The predicted octanol–water partition coefficient (Wildman–Crippen LogP) is 3.49. The molecular formula is C12H12N2O3S. The molecule has 0 atom stereocenters. The smallest absolute Gasteiger partial charge is 0.269 e. The van der Waals surface area contributed by atoms with Crippen molar-refractivity contribution in [2.24, 2.45) is 0 Å². The van der Waals surface area contributed by atoms with Gasteiger partial charge in [0.1, 0.15) is 5.76 Å². The van der Waals surface area contributed by atoms with Gasteiger partial charge in [0.15, 0.2) is 0 Å². The van der Waals surface area contributed by atoms with E-state index in [0.29, 0.717) is 11.0 Å². The number of rotatable bonds is 4. The van der Waals surface area contributed by atoms with Crippen molar-refractivity contribution in [1.82, 2.24) is 4.98 Å². The molecule has 0 N–H and O–H groups in total. The molecule has 2 rings (SSSR count). The van der Waals surface area contributed by atoms with Gasteiger partial charge in [0.25, 0.3) is 10.9 Å². The van der Waals surface area contributed by atoms with Gasteiger partial charge in [-0.05, 0) is 19.4 Å². The molecule has 0 radical (unpaired) electrons. The van der Waals surface area contributed by atoms with Crippen LogP contribution in [0.5, 0.6) is 0 Å². The second-order valence-electron chi connectivity index (χ2n) is 3.83. The highest BCUT2D eigenvalue weighted by atomic mass is 32.2. The van der Waals surface area contributed by atoms with Gasteiger partial charge in [-0.25, -0.2) is 4.98 Å². The van der Waals surface area contributed by atoms with Crippen molar-refractivity contribution in [3.8, 4) is 0 Å². The Kier molecular flexibility index (Phi) is 3.66. The molecule has 0 fully saturated rings. The second kappa shape index (κ2) is 5.22. The van der Waals surface area contributed by atoms with Crippen LogP contribution in [-0.4, -0.2) is 9.91 Å². The molecule has 0 unspecified atom stereocenters. The summed E-state index contributed by atoms with van der Waals surface area (Å²) in [6, 6.07) is 6.49. The van der Waals surface area contributed by atoms with Gasteiger partial charge < -0.3 is 4.42 Å². The fourth-order valence-electron chi connectivity index (χ4n) is 1.36. The lowest BCUT2D eigenvalue weighted by Gasteiger charge is -1.98. The molecule has 0 bridgehead atoms. The highest BCUT2D eigenvalue weighted by Crippen LogP contribution is 2.24. The number of nitro groups is 1. The summed E-state index contributed by atoms with van der Waals surface area (Å²) in [6.07, 6.45) is 0. The molecule has 94 valence electrons. The molecule has 2 aromatic rings. The molecule has 18 heavy (non-hydrogen) atoms. The van der Waals surface area contributed by atoms with E-state index >= 15 is 0 Å². The minimum absolute atomic E-state index is 0.103. The molecule has 0 spiro atoms. The summed E-state index contributed by atoms with van der Waals surface area (Å²) in [6.45, 7) is 3.77. The SMILES string of the molecule is Cc1nc(SCc2ccc([N+](=O)[O-])cc2)oc1C. The van der Waals surface area contributed by atoms with Crippen molar-refractivity contribution < 1.29 is 9.34 Å². The van der Waals surface area contributed by atoms with Crippen molar-refractivity contribution in [2.45, 2.75) is 24.8 Å². The van der Waals surface area contributed by atoms with Crippen LogP contribution in [-0.2, 0) is 5.75 Å². The Morgan fingerprint density at radius 3 is 2.50 bits per heavy atom. The molecule has 0 saturated carbocycles. The first-order chi connectivity index (χ1) is 8.56. The largest absolute Gasteiger partial charge is 0.437 e. The Labute approximate surface area is 108 Å². The minimum atomic E-state index is -0.405. The highest BCUT2D eigenvalue weighted by molar-refractivity contribution is 7.98. The van der Waals surface area contributed by atoms with Gasteiger partial charge in [-0.1, -0.05) is 23.9 Å². The summed E-state index contributed by atoms with van der Waals surface area (Å²) in [5.74, 6) is 1.50. The van der Waals surface area contributed by atoms with E-state index in [1.165, 1.54) is 23.9 Å². The molecule has 1 aromatic heterocycles. The van der Waals surface area contributed by atoms with Gasteiger partial charge in [0, 0.05) is 17.9 Å². The molecular weight excluding hydrogens is 252 g/mol. The lowest BCUT2D eigenvalue weighted by atomic mass is 10.2. The quantitative estimate of drug-likeness (QED) is 0.480. The molecule has 0 aliphatic heterocycles. The van der Waals surface area contributed by atoms with Gasteiger partial charge >= 0.3 is 0 Å². The van der Waals surface area contributed by atoms with E-state index in [1.807, 2.05) is 13.8 Å². The van der Waals surface area contributed by atoms with E-state index in [2.05, 4.69) is 4.98 Å². The first-order valence-electron chi connectivity index (χ1n) is 5.36. The van der Waals surface area contributed by atoms with Gasteiger partial charge in [0.2, 0.25) is 0 Å². The molecule has 5 nitrogen and oxygen atoms in total. The van der Waals surface area contributed by atoms with Crippen molar-refractivity contribution in [3.63, 3.8) is 0 Å². The van der Waals surface area contributed by atoms with Crippen LogP contribution in [0, 0.1) is 24.0 Å². The lowest BCUT2D eigenvalue weighted by molar-refractivity contribution is -0.384. The summed E-state index contributed by atoms with van der Waals surface area (Å²) in [5.41, 5.74) is 1.99. The van der Waals surface area contributed by atoms with Crippen molar-refractivity contribution in [3.05, 3.63) is 51.4 Å². The first-order valence-corrected chi connectivity index (χ1v) is 6.35. The van der Waals surface area contributed by atoms with Crippen LogP contribution in [0.4, 0.5) is 5.69 Å². The zero-order chi connectivity index (χ0) is 13.1.